The Balaban J connectivity index is 1.87. The molecule has 1 radical (unpaired) electrons. The molecule has 5 N–H and O–H groups in total. The van der Waals surface area contributed by atoms with Crippen LogP contribution in [0.1, 0.15) is 34.7 Å². The van der Waals surface area contributed by atoms with Gasteiger partial charge in [-0.2, -0.15) is 0 Å². The van der Waals surface area contributed by atoms with Crippen molar-refractivity contribution in [3.05, 3.63) is 76.7 Å². The van der Waals surface area contributed by atoms with Gasteiger partial charge in [-0.1, -0.05) is 49.4 Å². The Morgan fingerprint density at radius 2 is 1.81 bits per heavy atom. The van der Waals surface area contributed by atoms with Crippen LogP contribution in [-0.2, 0) is 41.9 Å². The molecule has 2 aromatic carbocycles. The van der Waals surface area contributed by atoms with Gasteiger partial charge in [0.05, 0.1) is 12.8 Å². The Kier molecular flexibility index (Phi) is 7.36. The summed E-state index contributed by atoms with van der Waals surface area (Å²) >= 11 is 0. The highest BCUT2D eigenvalue weighted by atomic mass is 16.1. The monoisotopic (exact) mass is 352 g/mol. The number of hydrogen-bond acceptors (Lipinski definition) is 3. The van der Waals surface area contributed by atoms with Crippen molar-refractivity contribution >= 4 is 11.8 Å². The van der Waals surface area contributed by atoms with E-state index in [1.807, 2.05) is 49.4 Å². The van der Waals surface area contributed by atoms with Crippen molar-refractivity contribution in [1.29, 1.82) is 0 Å². The lowest BCUT2D eigenvalue weighted by molar-refractivity contribution is -0.118. The molecule has 2 amide bonds. The summed E-state index contributed by atoms with van der Waals surface area (Å²) in [5.74, 6) is -0.445. The van der Waals surface area contributed by atoms with Gasteiger partial charge in [-0.05, 0) is 40.7 Å². The van der Waals surface area contributed by atoms with Gasteiger partial charge < -0.3 is 16.8 Å². The van der Waals surface area contributed by atoms with E-state index in [4.69, 9.17) is 11.5 Å². The van der Waals surface area contributed by atoms with Gasteiger partial charge >= 0.3 is 0 Å². The molecular formula is C21H26N3O2. The predicted molar refractivity (Wildman–Crippen MR) is 103 cm³/mol. The number of hydrogen-bond donors (Lipinski definition) is 3. The molecule has 0 spiro atoms. The second kappa shape index (κ2) is 9.73. The Bertz CT molecular complexity index is 772. The summed E-state index contributed by atoms with van der Waals surface area (Å²) in [7, 11) is 0. The molecule has 5 nitrogen and oxygen atoms in total. The minimum Gasteiger partial charge on any atom is -0.369 e. The Labute approximate surface area is 154 Å². The summed E-state index contributed by atoms with van der Waals surface area (Å²) in [5, 5.41) is 2.89. The van der Waals surface area contributed by atoms with E-state index in [0.29, 0.717) is 19.5 Å². The molecule has 26 heavy (non-hydrogen) atoms. The average Bonchev–Trinajstić information content (AvgIpc) is 2.65. The Hall–Kier alpha value is -2.66. The number of benzene rings is 2. The van der Waals surface area contributed by atoms with Crippen molar-refractivity contribution in [1.82, 2.24) is 5.32 Å². The van der Waals surface area contributed by atoms with Crippen molar-refractivity contribution in [2.75, 3.05) is 0 Å². The van der Waals surface area contributed by atoms with Crippen LogP contribution in [0.4, 0.5) is 0 Å². The maximum absolute atomic E-state index is 12.1. The number of primary amides is 1. The molecule has 0 fully saturated rings. The highest BCUT2D eigenvalue weighted by Gasteiger charge is 2.08. The SMILES string of the molecule is CCc1cc(C[CH]C(=O)NCc2cccc(CN)c2)ccc1CC(N)=O. The zero-order valence-electron chi connectivity index (χ0n) is 15.1. The normalized spacial score (nSPS) is 10.5. The molecule has 5 heteroatoms. The number of rotatable bonds is 9. The van der Waals surface area contributed by atoms with Gasteiger partial charge in [0, 0.05) is 13.1 Å². The van der Waals surface area contributed by atoms with Gasteiger partial charge in [0.25, 0.3) is 0 Å². The highest BCUT2D eigenvalue weighted by Crippen LogP contribution is 2.15. The lowest BCUT2D eigenvalue weighted by atomic mass is 9.97. The zero-order valence-corrected chi connectivity index (χ0v) is 15.1. The highest BCUT2D eigenvalue weighted by molar-refractivity contribution is 5.85. The number of carbonyl (C=O) groups is 2. The molecule has 0 atom stereocenters. The second-order valence-electron chi connectivity index (χ2n) is 6.25. The summed E-state index contributed by atoms with van der Waals surface area (Å²) in [6.45, 7) is 3.00. The maximum atomic E-state index is 12.1. The quantitative estimate of drug-likeness (QED) is 0.642. The van der Waals surface area contributed by atoms with Crippen molar-refractivity contribution < 1.29 is 9.59 Å². The molecule has 0 aliphatic heterocycles. The Morgan fingerprint density at radius 3 is 2.50 bits per heavy atom. The van der Waals surface area contributed by atoms with Crippen LogP contribution < -0.4 is 16.8 Å². The smallest absolute Gasteiger partial charge is 0.224 e. The van der Waals surface area contributed by atoms with Gasteiger partial charge in [0.15, 0.2) is 0 Å². The largest absolute Gasteiger partial charge is 0.369 e. The zero-order chi connectivity index (χ0) is 18.9. The van der Waals surface area contributed by atoms with Gasteiger partial charge in [-0.15, -0.1) is 0 Å². The molecule has 0 aliphatic rings. The molecule has 2 rings (SSSR count). The van der Waals surface area contributed by atoms with Crippen LogP contribution in [0.3, 0.4) is 0 Å². The first-order valence-electron chi connectivity index (χ1n) is 8.79. The van der Waals surface area contributed by atoms with Gasteiger partial charge in [0.2, 0.25) is 11.8 Å². The fraction of sp³-hybridized carbons (Fsp3) is 0.286. The van der Waals surface area contributed by atoms with E-state index in [1.165, 1.54) is 0 Å². The molecular weight excluding hydrogens is 326 g/mol. The first-order valence-corrected chi connectivity index (χ1v) is 8.79. The molecule has 2 aromatic rings. The van der Waals surface area contributed by atoms with Crippen molar-refractivity contribution in [3.8, 4) is 0 Å². The van der Waals surface area contributed by atoms with E-state index >= 15 is 0 Å². The fourth-order valence-electron chi connectivity index (χ4n) is 2.83. The van der Waals surface area contributed by atoms with Gasteiger partial charge in [-0.25, -0.2) is 0 Å². The van der Waals surface area contributed by atoms with E-state index in [0.717, 1.165) is 34.2 Å². The van der Waals surface area contributed by atoms with Gasteiger partial charge in [-0.3, -0.25) is 9.59 Å². The average molecular weight is 352 g/mol. The van der Waals surface area contributed by atoms with Gasteiger partial charge in [0.1, 0.15) is 0 Å². The van der Waals surface area contributed by atoms with Crippen LogP contribution in [0.5, 0.6) is 0 Å². The van der Waals surface area contributed by atoms with Crippen molar-refractivity contribution in [2.24, 2.45) is 11.5 Å². The summed E-state index contributed by atoms with van der Waals surface area (Å²) in [6, 6.07) is 13.7. The first kappa shape index (κ1) is 19.7. The number of carbonyl (C=O) groups excluding carboxylic acids is 2. The van der Waals surface area contributed by atoms with Crippen LogP contribution in [0.2, 0.25) is 0 Å². The molecule has 0 saturated heterocycles. The minimum atomic E-state index is -0.336. The molecule has 137 valence electrons. The van der Waals surface area contributed by atoms with Crippen LogP contribution in [0, 0.1) is 6.42 Å². The second-order valence-corrected chi connectivity index (χ2v) is 6.25. The van der Waals surface area contributed by atoms with Crippen molar-refractivity contribution in [3.63, 3.8) is 0 Å². The molecule has 0 aromatic heterocycles. The third kappa shape index (κ3) is 6.01. The number of nitrogens with two attached hydrogens (primary N) is 2. The fourth-order valence-corrected chi connectivity index (χ4v) is 2.83. The van der Waals surface area contributed by atoms with Crippen molar-refractivity contribution in [2.45, 2.75) is 39.3 Å². The van der Waals surface area contributed by atoms with E-state index in [2.05, 4.69) is 5.32 Å². The lowest BCUT2D eigenvalue weighted by Gasteiger charge is -2.10. The Morgan fingerprint density at radius 1 is 1.04 bits per heavy atom. The third-order valence-electron chi connectivity index (χ3n) is 4.23. The third-order valence-corrected chi connectivity index (χ3v) is 4.23. The van der Waals surface area contributed by atoms with Crippen LogP contribution in [0.25, 0.3) is 0 Å². The lowest BCUT2D eigenvalue weighted by Crippen LogP contribution is -2.23. The number of amides is 2. The molecule has 0 aliphatic carbocycles. The van der Waals surface area contributed by atoms with E-state index in [9.17, 15) is 9.59 Å². The molecule has 0 bridgehead atoms. The van der Waals surface area contributed by atoms with Crippen LogP contribution >= 0.6 is 0 Å². The standard InChI is InChI=1S/C21H26N3O2/c1-2-18-11-15(6-8-19(18)12-20(23)25)7-9-21(26)24-14-17-5-3-4-16(10-17)13-22/h3-6,8-11H,2,7,12-14,22H2,1H3,(H2,23,25)(H,24,26). The summed E-state index contributed by atoms with van der Waals surface area (Å²) < 4.78 is 0. The summed E-state index contributed by atoms with van der Waals surface area (Å²) in [6.07, 6.45) is 3.24. The summed E-state index contributed by atoms with van der Waals surface area (Å²) in [5.41, 5.74) is 16.1. The molecule has 0 saturated carbocycles. The number of nitrogens with one attached hydrogen (secondary N) is 1. The summed E-state index contributed by atoms with van der Waals surface area (Å²) in [4.78, 5) is 23.2. The molecule has 0 heterocycles. The molecule has 0 unspecified atom stereocenters. The van der Waals surface area contributed by atoms with Crippen LogP contribution in [-0.4, -0.2) is 11.8 Å². The maximum Gasteiger partial charge on any atom is 0.224 e. The van der Waals surface area contributed by atoms with E-state index < -0.39 is 0 Å². The topological polar surface area (TPSA) is 98.2 Å². The first-order chi connectivity index (χ1) is 12.5. The van der Waals surface area contributed by atoms with E-state index in [1.54, 1.807) is 6.42 Å². The minimum absolute atomic E-state index is 0.109. The van der Waals surface area contributed by atoms with Crippen LogP contribution in [0.15, 0.2) is 42.5 Å². The number of aryl methyl sites for hydroxylation is 1. The predicted octanol–water partition coefficient (Wildman–Crippen LogP) is 1.80. The van der Waals surface area contributed by atoms with E-state index in [-0.39, 0.29) is 18.2 Å².